The molecule has 6 heteroatoms. The maximum Gasteiger partial charge on any atom is 0.337 e. The third-order valence-electron chi connectivity index (χ3n) is 2.21. The number of primary amides is 1. The Morgan fingerprint density at radius 2 is 2.06 bits per heavy atom. The van der Waals surface area contributed by atoms with E-state index in [0.717, 1.165) is 5.69 Å². The van der Waals surface area contributed by atoms with E-state index < -0.39 is 5.97 Å². The molecular formula is C11H15N3O3. The van der Waals surface area contributed by atoms with E-state index in [4.69, 9.17) is 16.6 Å². The van der Waals surface area contributed by atoms with Crippen molar-refractivity contribution in [2.45, 2.75) is 12.8 Å². The first-order valence-corrected chi connectivity index (χ1v) is 5.15. The topological polar surface area (TPSA) is 118 Å². The van der Waals surface area contributed by atoms with Crippen LogP contribution in [-0.4, -0.2) is 23.5 Å². The number of carbonyl (C=O) groups is 2. The minimum Gasteiger partial charge on any atom is -0.478 e. The van der Waals surface area contributed by atoms with Crippen molar-refractivity contribution in [3.05, 3.63) is 23.8 Å². The average molecular weight is 237 g/mol. The lowest BCUT2D eigenvalue weighted by molar-refractivity contribution is -0.118. The lowest BCUT2D eigenvalue weighted by atomic mass is 10.1. The third kappa shape index (κ3) is 4.02. The van der Waals surface area contributed by atoms with Crippen LogP contribution in [0.2, 0.25) is 0 Å². The van der Waals surface area contributed by atoms with E-state index in [1.165, 1.54) is 6.07 Å². The van der Waals surface area contributed by atoms with Crippen LogP contribution in [-0.2, 0) is 4.79 Å². The number of nitrogens with two attached hydrogens (primary N) is 2. The van der Waals surface area contributed by atoms with Crippen LogP contribution < -0.4 is 16.8 Å². The molecule has 0 unspecified atom stereocenters. The molecular weight excluding hydrogens is 222 g/mol. The van der Waals surface area contributed by atoms with Crippen molar-refractivity contribution in [2.75, 3.05) is 17.6 Å². The molecule has 0 saturated carbocycles. The Morgan fingerprint density at radius 3 is 2.59 bits per heavy atom. The van der Waals surface area contributed by atoms with E-state index in [9.17, 15) is 9.59 Å². The second-order valence-electron chi connectivity index (χ2n) is 3.60. The summed E-state index contributed by atoms with van der Waals surface area (Å²) in [5.41, 5.74) is 11.6. The Labute approximate surface area is 98.6 Å². The first kappa shape index (κ1) is 12.8. The second kappa shape index (κ2) is 5.74. The van der Waals surface area contributed by atoms with Crippen LogP contribution in [0.5, 0.6) is 0 Å². The first-order chi connectivity index (χ1) is 8.00. The molecule has 0 aliphatic carbocycles. The van der Waals surface area contributed by atoms with Crippen LogP contribution in [0.1, 0.15) is 23.2 Å². The number of hydrogen-bond acceptors (Lipinski definition) is 4. The summed E-state index contributed by atoms with van der Waals surface area (Å²) in [6, 6.07) is 4.62. The minimum atomic E-state index is -1.05. The molecule has 1 aromatic carbocycles. The van der Waals surface area contributed by atoms with Crippen molar-refractivity contribution in [3.8, 4) is 0 Å². The SMILES string of the molecule is NC(=O)CCCNc1ccc(C(=O)O)c(N)c1. The van der Waals surface area contributed by atoms with E-state index in [-0.39, 0.29) is 17.2 Å². The fraction of sp³-hybridized carbons (Fsp3) is 0.273. The summed E-state index contributed by atoms with van der Waals surface area (Å²) in [6.07, 6.45) is 0.936. The van der Waals surface area contributed by atoms with Gasteiger partial charge in [0.15, 0.2) is 0 Å². The van der Waals surface area contributed by atoms with Gasteiger partial charge in [-0.1, -0.05) is 0 Å². The first-order valence-electron chi connectivity index (χ1n) is 5.15. The van der Waals surface area contributed by atoms with E-state index >= 15 is 0 Å². The Balaban J connectivity index is 2.53. The molecule has 6 N–H and O–H groups in total. The molecule has 0 radical (unpaired) electrons. The average Bonchev–Trinajstić information content (AvgIpc) is 2.23. The van der Waals surface area contributed by atoms with Gasteiger partial charge < -0.3 is 21.9 Å². The normalized spacial score (nSPS) is 9.88. The highest BCUT2D eigenvalue weighted by Crippen LogP contribution is 2.17. The molecule has 0 atom stereocenters. The van der Waals surface area contributed by atoms with Gasteiger partial charge in [-0.15, -0.1) is 0 Å². The number of carbonyl (C=O) groups excluding carboxylic acids is 1. The van der Waals surface area contributed by atoms with E-state index in [1.807, 2.05) is 0 Å². The quantitative estimate of drug-likeness (QED) is 0.427. The zero-order chi connectivity index (χ0) is 12.8. The van der Waals surface area contributed by atoms with E-state index in [1.54, 1.807) is 12.1 Å². The summed E-state index contributed by atoms with van der Waals surface area (Å²) in [7, 11) is 0. The third-order valence-corrected chi connectivity index (χ3v) is 2.21. The molecule has 6 nitrogen and oxygen atoms in total. The van der Waals surface area contributed by atoms with E-state index in [2.05, 4.69) is 5.32 Å². The fourth-order valence-electron chi connectivity index (χ4n) is 1.36. The largest absolute Gasteiger partial charge is 0.478 e. The Morgan fingerprint density at radius 1 is 1.35 bits per heavy atom. The van der Waals surface area contributed by atoms with Crippen molar-refractivity contribution >= 4 is 23.3 Å². The van der Waals surface area contributed by atoms with Gasteiger partial charge in [-0.3, -0.25) is 4.79 Å². The van der Waals surface area contributed by atoms with E-state index in [0.29, 0.717) is 19.4 Å². The van der Waals surface area contributed by atoms with Crippen LogP contribution >= 0.6 is 0 Å². The number of anilines is 2. The minimum absolute atomic E-state index is 0.0766. The molecule has 0 aliphatic heterocycles. The maximum atomic E-state index is 10.7. The number of carboxylic acid groups (broad SMARTS) is 1. The molecule has 0 aliphatic rings. The van der Waals surface area contributed by atoms with Crippen molar-refractivity contribution in [2.24, 2.45) is 5.73 Å². The molecule has 0 saturated heterocycles. The van der Waals surface area contributed by atoms with Gasteiger partial charge in [-0.05, 0) is 24.6 Å². The summed E-state index contributed by atoms with van der Waals surface area (Å²) < 4.78 is 0. The summed E-state index contributed by atoms with van der Waals surface area (Å²) in [6.45, 7) is 0.578. The maximum absolute atomic E-state index is 10.7. The van der Waals surface area contributed by atoms with Crippen LogP contribution in [0.4, 0.5) is 11.4 Å². The smallest absolute Gasteiger partial charge is 0.337 e. The molecule has 0 bridgehead atoms. The molecule has 0 spiro atoms. The Bertz CT molecular complexity index is 432. The Hall–Kier alpha value is -2.24. The zero-order valence-corrected chi connectivity index (χ0v) is 9.27. The number of aromatic carboxylic acids is 1. The van der Waals surface area contributed by atoms with Gasteiger partial charge in [0.2, 0.25) is 5.91 Å². The summed E-state index contributed by atoms with van der Waals surface area (Å²) in [4.78, 5) is 21.2. The molecule has 1 amide bonds. The lowest BCUT2D eigenvalue weighted by Crippen LogP contribution is -2.12. The van der Waals surface area contributed by atoms with Gasteiger partial charge in [0, 0.05) is 24.3 Å². The van der Waals surface area contributed by atoms with Gasteiger partial charge in [0.05, 0.1) is 5.56 Å². The molecule has 0 fully saturated rings. The second-order valence-corrected chi connectivity index (χ2v) is 3.60. The number of hydrogen-bond donors (Lipinski definition) is 4. The predicted molar refractivity (Wildman–Crippen MR) is 64.7 cm³/mol. The highest BCUT2D eigenvalue weighted by atomic mass is 16.4. The van der Waals surface area contributed by atoms with Crippen molar-refractivity contribution in [1.82, 2.24) is 0 Å². The Kier molecular flexibility index (Phi) is 4.33. The number of rotatable bonds is 6. The van der Waals surface area contributed by atoms with Crippen LogP contribution in [0.15, 0.2) is 18.2 Å². The van der Waals surface area contributed by atoms with Gasteiger partial charge in [0.25, 0.3) is 0 Å². The lowest BCUT2D eigenvalue weighted by Gasteiger charge is -2.07. The zero-order valence-electron chi connectivity index (χ0n) is 9.27. The molecule has 1 aromatic rings. The molecule has 1 rings (SSSR count). The fourth-order valence-corrected chi connectivity index (χ4v) is 1.36. The van der Waals surface area contributed by atoms with Crippen LogP contribution in [0.3, 0.4) is 0 Å². The number of nitrogen functional groups attached to an aromatic ring is 1. The van der Waals surface area contributed by atoms with Crippen molar-refractivity contribution in [3.63, 3.8) is 0 Å². The molecule has 0 aromatic heterocycles. The van der Waals surface area contributed by atoms with Gasteiger partial charge in [-0.2, -0.15) is 0 Å². The number of nitrogens with one attached hydrogen (secondary N) is 1. The number of carboxylic acids is 1. The standard InChI is InChI=1S/C11H15N3O3/c12-9-6-7(3-4-8(9)11(16)17)14-5-1-2-10(13)15/h3-4,6,14H,1-2,5,12H2,(H2,13,15)(H,16,17). The van der Waals surface area contributed by atoms with Gasteiger partial charge >= 0.3 is 5.97 Å². The van der Waals surface area contributed by atoms with Crippen LogP contribution in [0.25, 0.3) is 0 Å². The van der Waals surface area contributed by atoms with Crippen molar-refractivity contribution in [1.29, 1.82) is 0 Å². The molecule has 17 heavy (non-hydrogen) atoms. The highest BCUT2D eigenvalue weighted by molar-refractivity contribution is 5.94. The molecule has 0 heterocycles. The van der Waals surface area contributed by atoms with Crippen LogP contribution in [0, 0.1) is 0 Å². The molecule has 92 valence electrons. The van der Waals surface area contributed by atoms with Crippen molar-refractivity contribution < 1.29 is 14.7 Å². The summed E-state index contributed by atoms with van der Waals surface area (Å²) >= 11 is 0. The van der Waals surface area contributed by atoms with Gasteiger partial charge in [-0.25, -0.2) is 4.79 Å². The summed E-state index contributed by atoms with van der Waals surface area (Å²) in [5, 5.41) is 11.8. The number of benzene rings is 1. The highest BCUT2D eigenvalue weighted by Gasteiger charge is 2.07. The van der Waals surface area contributed by atoms with Gasteiger partial charge in [0.1, 0.15) is 0 Å². The monoisotopic (exact) mass is 237 g/mol. The number of amides is 1. The predicted octanol–water partition coefficient (Wildman–Crippen LogP) is 0.644. The summed E-state index contributed by atoms with van der Waals surface area (Å²) in [5.74, 6) is -1.39.